The van der Waals surface area contributed by atoms with E-state index < -0.39 is 21.8 Å². The van der Waals surface area contributed by atoms with E-state index in [9.17, 15) is 21.6 Å². The van der Waals surface area contributed by atoms with Gasteiger partial charge in [0, 0.05) is 25.4 Å². The minimum atomic E-state index is -4.50. The Hall–Kier alpha value is -2.20. The molecule has 0 amide bonds. The summed E-state index contributed by atoms with van der Waals surface area (Å²) in [5.41, 5.74) is -0.881. The van der Waals surface area contributed by atoms with Crippen LogP contribution in [0.1, 0.15) is 18.4 Å². The van der Waals surface area contributed by atoms with Crippen LogP contribution in [-0.4, -0.2) is 41.9 Å². The Bertz CT molecular complexity index is 835. The molecule has 1 aliphatic heterocycles. The Morgan fingerprint density at radius 3 is 2.27 bits per heavy atom. The molecule has 3 rings (SSSR count). The molecule has 6 nitrogen and oxygen atoms in total. The van der Waals surface area contributed by atoms with Crippen LogP contribution in [-0.2, 0) is 16.2 Å². The van der Waals surface area contributed by atoms with E-state index in [1.165, 1.54) is 10.6 Å². The maximum Gasteiger partial charge on any atom is 0.416 e. The molecule has 0 aliphatic carbocycles. The molecule has 0 spiro atoms. The smallest absolute Gasteiger partial charge is 0.416 e. The van der Waals surface area contributed by atoms with E-state index in [2.05, 4.69) is 9.97 Å². The number of hydrogen-bond donors (Lipinski definition) is 0. The van der Waals surface area contributed by atoms with E-state index in [1.807, 2.05) is 0 Å². The summed E-state index contributed by atoms with van der Waals surface area (Å²) in [6.07, 6.45) is -0.845. The molecule has 1 aromatic heterocycles. The quantitative estimate of drug-likeness (QED) is 0.807. The van der Waals surface area contributed by atoms with Crippen LogP contribution in [0.3, 0.4) is 0 Å². The molecular formula is C16H16F3N3O3S. The van der Waals surface area contributed by atoms with Crippen molar-refractivity contribution < 1.29 is 26.3 Å². The SMILES string of the molecule is O=S(=O)(c1ccc(C(F)(F)F)cc1)N1CCC(Oc2ccncn2)CC1. The second-order valence-corrected chi connectivity index (χ2v) is 7.73. The maximum absolute atomic E-state index is 12.6. The number of ether oxygens (including phenoxy) is 1. The van der Waals surface area contributed by atoms with Crippen molar-refractivity contribution in [2.45, 2.75) is 30.0 Å². The molecule has 26 heavy (non-hydrogen) atoms. The molecule has 10 heteroatoms. The van der Waals surface area contributed by atoms with Crippen molar-refractivity contribution in [2.24, 2.45) is 0 Å². The van der Waals surface area contributed by atoms with Gasteiger partial charge in [0.15, 0.2) is 0 Å². The Morgan fingerprint density at radius 1 is 1.08 bits per heavy atom. The number of sulfonamides is 1. The summed E-state index contributed by atoms with van der Waals surface area (Å²) < 4.78 is 70.0. The Labute approximate surface area is 148 Å². The normalized spacial score (nSPS) is 17.2. The lowest BCUT2D eigenvalue weighted by Crippen LogP contribution is -2.41. The van der Waals surface area contributed by atoms with Crippen molar-refractivity contribution in [3.8, 4) is 5.88 Å². The van der Waals surface area contributed by atoms with Gasteiger partial charge in [0.25, 0.3) is 0 Å². The number of halogens is 3. The summed E-state index contributed by atoms with van der Waals surface area (Å²) >= 11 is 0. The van der Waals surface area contributed by atoms with Crippen LogP contribution in [0.25, 0.3) is 0 Å². The number of rotatable bonds is 4. The lowest BCUT2D eigenvalue weighted by Gasteiger charge is -2.31. The van der Waals surface area contributed by atoms with E-state index in [0.29, 0.717) is 18.7 Å². The van der Waals surface area contributed by atoms with Gasteiger partial charge < -0.3 is 4.74 Å². The van der Waals surface area contributed by atoms with Gasteiger partial charge in [0.05, 0.1) is 10.5 Å². The van der Waals surface area contributed by atoms with Crippen LogP contribution in [0.2, 0.25) is 0 Å². The highest BCUT2D eigenvalue weighted by atomic mass is 32.2. The summed E-state index contributed by atoms with van der Waals surface area (Å²) in [6.45, 7) is 0.443. The van der Waals surface area contributed by atoms with Gasteiger partial charge in [-0.3, -0.25) is 0 Å². The molecule has 2 aromatic rings. The summed E-state index contributed by atoms with van der Waals surface area (Å²) in [6, 6.07) is 5.14. The largest absolute Gasteiger partial charge is 0.474 e. The monoisotopic (exact) mass is 387 g/mol. The number of nitrogens with zero attached hydrogens (tertiary/aromatic N) is 3. The molecule has 140 valence electrons. The standard InChI is InChI=1S/C16H16F3N3O3S/c17-16(18,19)12-1-3-14(4-2-12)26(23,24)22-9-6-13(7-10-22)25-15-5-8-20-11-21-15/h1-5,8,11,13H,6-7,9-10H2. The van der Waals surface area contributed by atoms with E-state index in [-0.39, 0.29) is 24.1 Å². The molecular weight excluding hydrogens is 371 g/mol. The molecule has 1 saturated heterocycles. The number of piperidine rings is 1. The number of hydrogen-bond acceptors (Lipinski definition) is 5. The lowest BCUT2D eigenvalue weighted by atomic mass is 10.1. The minimum absolute atomic E-state index is 0.152. The molecule has 1 aromatic carbocycles. The zero-order valence-corrected chi connectivity index (χ0v) is 14.4. The maximum atomic E-state index is 12.6. The molecule has 0 saturated carbocycles. The molecule has 0 bridgehead atoms. The fourth-order valence-corrected chi connectivity index (χ4v) is 4.14. The van der Waals surface area contributed by atoms with Gasteiger partial charge in [-0.2, -0.15) is 17.5 Å². The Kier molecular flexibility index (Phi) is 5.15. The van der Waals surface area contributed by atoms with Gasteiger partial charge in [0.2, 0.25) is 15.9 Å². The van der Waals surface area contributed by atoms with Crippen molar-refractivity contribution in [2.75, 3.05) is 13.1 Å². The first-order valence-corrected chi connectivity index (χ1v) is 9.31. The Morgan fingerprint density at radius 2 is 1.73 bits per heavy atom. The van der Waals surface area contributed by atoms with Gasteiger partial charge in [0.1, 0.15) is 12.4 Å². The van der Waals surface area contributed by atoms with Crippen LogP contribution >= 0.6 is 0 Å². The van der Waals surface area contributed by atoms with Gasteiger partial charge in [-0.15, -0.1) is 0 Å². The van der Waals surface area contributed by atoms with Crippen LogP contribution < -0.4 is 4.74 Å². The van der Waals surface area contributed by atoms with Crippen molar-refractivity contribution in [3.63, 3.8) is 0 Å². The van der Waals surface area contributed by atoms with Crippen LogP contribution in [0.5, 0.6) is 5.88 Å². The molecule has 0 unspecified atom stereocenters. The Balaban J connectivity index is 1.64. The third-order valence-electron chi connectivity index (χ3n) is 4.06. The van der Waals surface area contributed by atoms with Crippen LogP contribution in [0.15, 0.2) is 47.8 Å². The molecule has 2 heterocycles. The number of benzene rings is 1. The van der Waals surface area contributed by atoms with E-state index in [4.69, 9.17) is 4.74 Å². The van der Waals surface area contributed by atoms with Gasteiger partial charge in [-0.05, 0) is 37.1 Å². The van der Waals surface area contributed by atoms with E-state index >= 15 is 0 Å². The van der Waals surface area contributed by atoms with Crippen molar-refractivity contribution in [1.82, 2.24) is 14.3 Å². The topological polar surface area (TPSA) is 72.4 Å². The fourth-order valence-electron chi connectivity index (χ4n) is 2.67. The predicted molar refractivity (Wildman–Crippen MR) is 85.9 cm³/mol. The predicted octanol–water partition coefficient (Wildman–Crippen LogP) is 2.73. The van der Waals surface area contributed by atoms with Crippen LogP contribution in [0, 0.1) is 0 Å². The first-order chi connectivity index (χ1) is 12.3. The molecule has 0 N–H and O–H groups in total. The minimum Gasteiger partial charge on any atom is -0.474 e. The highest BCUT2D eigenvalue weighted by molar-refractivity contribution is 7.89. The van der Waals surface area contributed by atoms with Gasteiger partial charge in [-0.1, -0.05) is 0 Å². The zero-order valence-electron chi connectivity index (χ0n) is 13.6. The van der Waals surface area contributed by atoms with Crippen molar-refractivity contribution in [3.05, 3.63) is 48.4 Å². The molecule has 0 atom stereocenters. The summed E-state index contributed by atoms with van der Waals surface area (Å²) in [4.78, 5) is 7.60. The highest BCUT2D eigenvalue weighted by Gasteiger charge is 2.33. The number of aromatic nitrogens is 2. The van der Waals surface area contributed by atoms with Crippen molar-refractivity contribution >= 4 is 10.0 Å². The average Bonchev–Trinajstić information content (AvgIpc) is 2.62. The number of alkyl halides is 3. The highest BCUT2D eigenvalue weighted by Crippen LogP contribution is 2.30. The van der Waals surface area contributed by atoms with Gasteiger partial charge in [-0.25, -0.2) is 18.4 Å². The molecule has 1 fully saturated rings. The summed E-state index contributed by atoms with van der Waals surface area (Å²) in [5.74, 6) is 0.420. The summed E-state index contributed by atoms with van der Waals surface area (Å²) in [5, 5.41) is 0. The third-order valence-corrected chi connectivity index (χ3v) is 5.98. The molecule has 1 aliphatic rings. The van der Waals surface area contributed by atoms with Crippen molar-refractivity contribution in [1.29, 1.82) is 0 Å². The molecule has 0 radical (unpaired) electrons. The second-order valence-electron chi connectivity index (χ2n) is 5.79. The van der Waals surface area contributed by atoms with E-state index in [0.717, 1.165) is 24.3 Å². The summed E-state index contributed by atoms with van der Waals surface area (Å²) in [7, 11) is -3.84. The first kappa shape index (κ1) is 18.6. The van der Waals surface area contributed by atoms with Crippen LogP contribution in [0.4, 0.5) is 13.2 Å². The van der Waals surface area contributed by atoms with Gasteiger partial charge >= 0.3 is 6.18 Å². The first-order valence-electron chi connectivity index (χ1n) is 7.87. The zero-order chi connectivity index (χ0) is 18.8. The lowest BCUT2D eigenvalue weighted by molar-refractivity contribution is -0.137. The third kappa shape index (κ3) is 4.13. The fraction of sp³-hybridized carbons (Fsp3) is 0.375. The van der Waals surface area contributed by atoms with E-state index in [1.54, 1.807) is 12.3 Å². The average molecular weight is 387 g/mol. The second kappa shape index (κ2) is 7.20.